The number of hydrogen-bond acceptors (Lipinski definition) is 3. The van der Waals surface area contributed by atoms with Crippen LogP contribution in [0.5, 0.6) is 0 Å². The number of hydrogen-bond donors (Lipinski definition) is 2. The lowest BCUT2D eigenvalue weighted by Crippen LogP contribution is -2.26. The average molecular weight is 249 g/mol. The standard InChI is InChI=1S/C14H23N3O/c1-4-7-16-13-6-8-15-10-12(13)14(18)17-9-5-11(2)3/h6,8,10-11H,4-5,7,9H2,1-3H3,(H,15,16)(H,17,18). The van der Waals surface area contributed by atoms with Crippen LogP contribution >= 0.6 is 0 Å². The van der Waals surface area contributed by atoms with Gasteiger partial charge in [0.2, 0.25) is 0 Å². The van der Waals surface area contributed by atoms with Crippen LogP contribution in [-0.2, 0) is 0 Å². The molecule has 0 unspecified atom stereocenters. The Labute approximate surface area is 109 Å². The van der Waals surface area contributed by atoms with E-state index in [4.69, 9.17) is 0 Å². The molecule has 100 valence electrons. The van der Waals surface area contributed by atoms with E-state index in [0.717, 1.165) is 25.1 Å². The molecule has 1 rings (SSSR count). The number of rotatable bonds is 7. The molecule has 0 aliphatic carbocycles. The van der Waals surface area contributed by atoms with Gasteiger partial charge in [-0.05, 0) is 24.8 Å². The number of carbonyl (C=O) groups excluding carboxylic acids is 1. The van der Waals surface area contributed by atoms with Crippen molar-refractivity contribution < 1.29 is 4.79 Å². The van der Waals surface area contributed by atoms with Crippen LogP contribution in [-0.4, -0.2) is 24.0 Å². The summed E-state index contributed by atoms with van der Waals surface area (Å²) in [6, 6.07) is 1.84. The van der Waals surface area contributed by atoms with Gasteiger partial charge in [-0.1, -0.05) is 20.8 Å². The van der Waals surface area contributed by atoms with Gasteiger partial charge in [-0.2, -0.15) is 0 Å². The minimum atomic E-state index is -0.0534. The Morgan fingerprint density at radius 3 is 2.83 bits per heavy atom. The summed E-state index contributed by atoms with van der Waals surface area (Å²) in [7, 11) is 0. The van der Waals surface area contributed by atoms with Crippen LogP contribution in [0.2, 0.25) is 0 Å². The molecule has 1 amide bonds. The molecular formula is C14H23N3O. The van der Waals surface area contributed by atoms with Crippen molar-refractivity contribution in [2.24, 2.45) is 5.92 Å². The zero-order chi connectivity index (χ0) is 13.4. The van der Waals surface area contributed by atoms with Gasteiger partial charge in [0.1, 0.15) is 0 Å². The first-order valence-corrected chi connectivity index (χ1v) is 6.61. The maximum atomic E-state index is 12.0. The van der Waals surface area contributed by atoms with Gasteiger partial charge in [0.15, 0.2) is 0 Å². The van der Waals surface area contributed by atoms with E-state index >= 15 is 0 Å². The Kier molecular flexibility index (Phi) is 6.19. The third kappa shape index (κ3) is 4.73. The summed E-state index contributed by atoms with van der Waals surface area (Å²) in [6.45, 7) is 7.94. The molecular weight excluding hydrogens is 226 g/mol. The van der Waals surface area contributed by atoms with Crippen LogP contribution < -0.4 is 10.6 Å². The summed E-state index contributed by atoms with van der Waals surface area (Å²) in [5, 5.41) is 6.17. The minimum absolute atomic E-state index is 0.0534. The van der Waals surface area contributed by atoms with Crippen LogP contribution in [0.3, 0.4) is 0 Å². The van der Waals surface area contributed by atoms with E-state index in [2.05, 4.69) is 36.4 Å². The number of nitrogens with zero attached hydrogens (tertiary/aromatic N) is 1. The first kappa shape index (κ1) is 14.5. The highest BCUT2D eigenvalue weighted by Crippen LogP contribution is 2.13. The van der Waals surface area contributed by atoms with Crippen molar-refractivity contribution in [3.8, 4) is 0 Å². The second-order valence-corrected chi connectivity index (χ2v) is 4.79. The molecule has 4 heteroatoms. The van der Waals surface area contributed by atoms with Crippen molar-refractivity contribution in [2.75, 3.05) is 18.4 Å². The molecule has 2 N–H and O–H groups in total. The number of anilines is 1. The lowest BCUT2D eigenvalue weighted by Gasteiger charge is -2.11. The number of amides is 1. The van der Waals surface area contributed by atoms with Gasteiger partial charge in [0, 0.05) is 25.5 Å². The maximum absolute atomic E-state index is 12.0. The van der Waals surface area contributed by atoms with Crippen molar-refractivity contribution in [3.05, 3.63) is 24.0 Å². The quantitative estimate of drug-likeness (QED) is 0.781. The molecule has 1 aromatic heterocycles. The largest absolute Gasteiger partial charge is 0.384 e. The number of pyridine rings is 1. The lowest BCUT2D eigenvalue weighted by atomic mass is 10.1. The highest BCUT2D eigenvalue weighted by atomic mass is 16.1. The predicted octanol–water partition coefficient (Wildman–Crippen LogP) is 2.68. The summed E-state index contributed by atoms with van der Waals surface area (Å²) in [6.07, 6.45) is 5.33. The SMILES string of the molecule is CCCNc1ccncc1C(=O)NCCC(C)C. The van der Waals surface area contributed by atoms with Crippen molar-refractivity contribution >= 4 is 11.6 Å². The fourth-order valence-electron chi connectivity index (χ4n) is 1.56. The van der Waals surface area contributed by atoms with Gasteiger partial charge >= 0.3 is 0 Å². The first-order valence-electron chi connectivity index (χ1n) is 6.61. The third-order valence-corrected chi connectivity index (χ3v) is 2.64. The van der Waals surface area contributed by atoms with Crippen LogP contribution in [0.15, 0.2) is 18.5 Å². The van der Waals surface area contributed by atoms with E-state index in [9.17, 15) is 4.79 Å². The van der Waals surface area contributed by atoms with Gasteiger partial charge in [-0.25, -0.2) is 0 Å². The van der Waals surface area contributed by atoms with Crippen LogP contribution in [0.25, 0.3) is 0 Å². The molecule has 0 aliphatic heterocycles. The van der Waals surface area contributed by atoms with Crippen molar-refractivity contribution in [1.29, 1.82) is 0 Å². The van der Waals surface area contributed by atoms with E-state index in [1.54, 1.807) is 12.4 Å². The molecule has 0 radical (unpaired) electrons. The zero-order valence-electron chi connectivity index (χ0n) is 11.5. The molecule has 0 saturated carbocycles. The second-order valence-electron chi connectivity index (χ2n) is 4.79. The molecule has 0 aromatic carbocycles. The smallest absolute Gasteiger partial charge is 0.254 e. The van der Waals surface area contributed by atoms with E-state index in [-0.39, 0.29) is 5.91 Å². The molecule has 0 aliphatic rings. The topological polar surface area (TPSA) is 54.0 Å². The Hall–Kier alpha value is -1.58. The molecule has 0 saturated heterocycles. The van der Waals surface area contributed by atoms with Crippen molar-refractivity contribution in [1.82, 2.24) is 10.3 Å². The van der Waals surface area contributed by atoms with Gasteiger partial charge in [-0.3, -0.25) is 9.78 Å². The van der Waals surface area contributed by atoms with Crippen molar-refractivity contribution in [2.45, 2.75) is 33.6 Å². The van der Waals surface area contributed by atoms with Gasteiger partial charge in [0.05, 0.1) is 11.3 Å². The predicted molar refractivity (Wildman–Crippen MR) is 74.8 cm³/mol. The first-order chi connectivity index (χ1) is 8.65. The molecule has 1 aromatic rings. The lowest BCUT2D eigenvalue weighted by molar-refractivity contribution is 0.0952. The van der Waals surface area contributed by atoms with Crippen molar-refractivity contribution in [3.63, 3.8) is 0 Å². The summed E-state index contributed by atoms with van der Waals surface area (Å²) < 4.78 is 0. The Balaban J connectivity index is 2.60. The molecule has 0 spiro atoms. The number of carbonyl (C=O) groups is 1. The molecule has 4 nitrogen and oxygen atoms in total. The Morgan fingerprint density at radius 2 is 2.17 bits per heavy atom. The molecule has 0 atom stereocenters. The van der Waals surface area contributed by atoms with E-state index < -0.39 is 0 Å². The zero-order valence-corrected chi connectivity index (χ0v) is 11.5. The number of aromatic nitrogens is 1. The second kappa shape index (κ2) is 7.69. The van der Waals surface area contributed by atoms with E-state index in [1.807, 2.05) is 6.07 Å². The Bertz CT molecular complexity index is 377. The average Bonchev–Trinajstić information content (AvgIpc) is 2.36. The molecule has 18 heavy (non-hydrogen) atoms. The summed E-state index contributed by atoms with van der Waals surface area (Å²) in [5.74, 6) is 0.541. The maximum Gasteiger partial charge on any atom is 0.254 e. The summed E-state index contributed by atoms with van der Waals surface area (Å²) in [5.41, 5.74) is 1.48. The highest BCUT2D eigenvalue weighted by molar-refractivity contribution is 5.99. The molecule has 0 bridgehead atoms. The van der Waals surface area contributed by atoms with Crippen LogP contribution in [0.1, 0.15) is 44.0 Å². The summed E-state index contributed by atoms with van der Waals surface area (Å²) >= 11 is 0. The molecule has 0 fully saturated rings. The van der Waals surface area contributed by atoms with E-state index in [0.29, 0.717) is 18.0 Å². The minimum Gasteiger partial charge on any atom is -0.384 e. The fraction of sp³-hybridized carbons (Fsp3) is 0.571. The van der Waals surface area contributed by atoms with Crippen LogP contribution in [0, 0.1) is 5.92 Å². The van der Waals surface area contributed by atoms with Gasteiger partial charge < -0.3 is 10.6 Å². The Morgan fingerprint density at radius 1 is 1.39 bits per heavy atom. The van der Waals surface area contributed by atoms with Gasteiger partial charge in [0.25, 0.3) is 5.91 Å². The third-order valence-electron chi connectivity index (χ3n) is 2.64. The number of nitrogens with one attached hydrogen (secondary N) is 2. The monoisotopic (exact) mass is 249 g/mol. The van der Waals surface area contributed by atoms with Crippen LogP contribution in [0.4, 0.5) is 5.69 Å². The van der Waals surface area contributed by atoms with Gasteiger partial charge in [-0.15, -0.1) is 0 Å². The van der Waals surface area contributed by atoms with E-state index in [1.165, 1.54) is 0 Å². The highest BCUT2D eigenvalue weighted by Gasteiger charge is 2.10. The fourth-order valence-corrected chi connectivity index (χ4v) is 1.56. The summed E-state index contributed by atoms with van der Waals surface area (Å²) in [4.78, 5) is 16.0. The normalized spacial score (nSPS) is 10.4. The molecule has 1 heterocycles.